The Bertz CT molecular complexity index is 602. The first-order chi connectivity index (χ1) is 8.99. The van der Waals surface area contributed by atoms with Gasteiger partial charge in [0, 0.05) is 5.02 Å². The lowest BCUT2D eigenvalue weighted by Gasteiger charge is -2.14. The van der Waals surface area contributed by atoms with E-state index in [4.69, 9.17) is 33.7 Å². The van der Waals surface area contributed by atoms with E-state index >= 15 is 0 Å². The van der Waals surface area contributed by atoms with Gasteiger partial charge in [-0.05, 0) is 24.1 Å². The summed E-state index contributed by atoms with van der Waals surface area (Å²) in [5, 5.41) is 0.961. The molecule has 1 heterocycles. The highest BCUT2D eigenvalue weighted by Crippen LogP contribution is 2.35. The van der Waals surface area contributed by atoms with E-state index in [0.29, 0.717) is 27.5 Å². The van der Waals surface area contributed by atoms with E-state index in [1.165, 1.54) is 6.33 Å². The zero-order valence-electron chi connectivity index (χ0n) is 10.5. The van der Waals surface area contributed by atoms with Gasteiger partial charge in [-0.15, -0.1) is 0 Å². The number of hydrogen-bond acceptors (Lipinski definition) is 4. The quantitative estimate of drug-likeness (QED) is 0.918. The smallest absolute Gasteiger partial charge is 0.227 e. The number of nitrogens with zero attached hydrogens (tertiary/aromatic N) is 2. The number of nitrogen functional groups attached to an aromatic ring is 1. The second-order valence-corrected chi connectivity index (χ2v) is 5.15. The van der Waals surface area contributed by atoms with Crippen LogP contribution < -0.4 is 10.5 Å². The van der Waals surface area contributed by atoms with Crippen LogP contribution in [0.4, 0.5) is 5.82 Å². The van der Waals surface area contributed by atoms with Crippen LogP contribution in [0.5, 0.6) is 11.6 Å². The summed E-state index contributed by atoms with van der Waals surface area (Å²) in [5.41, 5.74) is 6.61. The molecule has 19 heavy (non-hydrogen) atoms. The molecule has 0 unspecified atom stereocenters. The fourth-order valence-electron chi connectivity index (χ4n) is 1.68. The van der Waals surface area contributed by atoms with Crippen LogP contribution >= 0.6 is 23.2 Å². The summed E-state index contributed by atoms with van der Waals surface area (Å²) < 4.78 is 5.72. The Balaban J connectivity index is 2.41. The normalized spacial score (nSPS) is 10.8. The van der Waals surface area contributed by atoms with Crippen LogP contribution in [0.2, 0.25) is 10.0 Å². The summed E-state index contributed by atoms with van der Waals surface area (Å²) in [6.07, 6.45) is 1.36. The van der Waals surface area contributed by atoms with Crippen LogP contribution in [0.15, 0.2) is 24.5 Å². The van der Waals surface area contributed by atoms with Gasteiger partial charge < -0.3 is 10.5 Å². The topological polar surface area (TPSA) is 61.0 Å². The first-order valence-electron chi connectivity index (χ1n) is 5.72. The molecular formula is C13H13Cl2N3O. The second kappa shape index (κ2) is 5.63. The molecule has 0 amide bonds. The summed E-state index contributed by atoms with van der Waals surface area (Å²) in [6.45, 7) is 3.98. The third-order valence-corrected chi connectivity index (χ3v) is 3.09. The third kappa shape index (κ3) is 3.08. The van der Waals surface area contributed by atoms with E-state index in [1.54, 1.807) is 18.2 Å². The van der Waals surface area contributed by atoms with E-state index in [0.717, 1.165) is 5.56 Å². The van der Waals surface area contributed by atoms with Gasteiger partial charge in [-0.3, -0.25) is 0 Å². The van der Waals surface area contributed by atoms with Gasteiger partial charge in [-0.25, -0.2) is 9.97 Å². The maximum Gasteiger partial charge on any atom is 0.227 e. The lowest BCUT2D eigenvalue weighted by Crippen LogP contribution is -2.04. The Morgan fingerprint density at radius 2 is 1.95 bits per heavy atom. The first-order valence-corrected chi connectivity index (χ1v) is 6.48. The molecule has 0 fully saturated rings. The van der Waals surface area contributed by atoms with Crippen LogP contribution in [0.1, 0.15) is 25.3 Å². The fourth-order valence-corrected chi connectivity index (χ4v) is 2.13. The van der Waals surface area contributed by atoms with Crippen molar-refractivity contribution in [2.75, 3.05) is 5.73 Å². The molecule has 0 saturated heterocycles. The van der Waals surface area contributed by atoms with Crippen LogP contribution in [-0.2, 0) is 0 Å². The Kier molecular flexibility index (Phi) is 4.12. The molecule has 2 rings (SSSR count). The SMILES string of the molecule is CC(C)c1c(N)ncnc1Oc1ccc(Cl)cc1Cl. The molecule has 1 aromatic heterocycles. The largest absolute Gasteiger partial charge is 0.437 e. The zero-order valence-corrected chi connectivity index (χ0v) is 12.0. The number of benzene rings is 1. The Morgan fingerprint density at radius 1 is 1.21 bits per heavy atom. The average Bonchev–Trinajstić information content (AvgIpc) is 2.32. The molecule has 100 valence electrons. The van der Waals surface area contributed by atoms with Crippen molar-refractivity contribution >= 4 is 29.0 Å². The number of rotatable bonds is 3. The highest BCUT2D eigenvalue weighted by Gasteiger charge is 2.16. The number of hydrogen-bond donors (Lipinski definition) is 1. The van der Waals surface area contributed by atoms with Crippen molar-refractivity contribution in [1.82, 2.24) is 9.97 Å². The highest BCUT2D eigenvalue weighted by molar-refractivity contribution is 6.35. The van der Waals surface area contributed by atoms with Crippen LogP contribution in [0.3, 0.4) is 0 Å². The molecule has 6 heteroatoms. The maximum atomic E-state index is 6.07. The predicted octanol–water partition coefficient (Wildman–Crippen LogP) is 4.28. The number of aromatic nitrogens is 2. The lowest BCUT2D eigenvalue weighted by atomic mass is 10.1. The number of nitrogens with two attached hydrogens (primary N) is 1. The molecule has 0 saturated carbocycles. The molecule has 0 spiro atoms. The lowest BCUT2D eigenvalue weighted by molar-refractivity contribution is 0.452. The third-order valence-electron chi connectivity index (χ3n) is 2.56. The zero-order chi connectivity index (χ0) is 14.0. The minimum absolute atomic E-state index is 0.141. The molecule has 0 aliphatic rings. The van der Waals surface area contributed by atoms with Crippen molar-refractivity contribution < 1.29 is 4.74 Å². The van der Waals surface area contributed by atoms with E-state index in [-0.39, 0.29) is 5.92 Å². The summed E-state index contributed by atoms with van der Waals surface area (Å²) in [6, 6.07) is 4.99. The second-order valence-electron chi connectivity index (χ2n) is 4.31. The van der Waals surface area contributed by atoms with Crippen LogP contribution in [0, 0.1) is 0 Å². The Morgan fingerprint density at radius 3 is 2.58 bits per heavy atom. The standard InChI is InChI=1S/C13H13Cl2N3O/c1-7(2)11-12(16)17-6-18-13(11)19-10-4-3-8(14)5-9(10)15/h3-7H,1-2H3,(H2,16,17,18). The van der Waals surface area contributed by atoms with Crippen molar-refractivity contribution in [3.63, 3.8) is 0 Å². The maximum absolute atomic E-state index is 6.07. The van der Waals surface area contributed by atoms with E-state index < -0.39 is 0 Å². The summed E-state index contributed by atoms with van der Waals surface area (Å²) in [7, 11) is 0. The molecule has 0 aliphatic carbocycles. The fraction of sp³-hybridized carbons (Fsp3) is 0.231. The van der Waals surface area contributed by atoms with Gasteiger partial charge in [-0.1, -0.05) is 37.0 Å². The molecule has 1 aromatic carbocycles. The van der Waals surface area contributed by atoms with Gasteiger partial charge in [-0.2, -0.15) is 0 Å². The average molecular weight is 298 g/mol. The minimum Gasteiger partial charge on any atom is -0.437 e. The number of anilines is 1. The van der Waals surface area contributed by atoms with E-state index in [9.17, 15) is 0 Å². The van der Waals surface area contributed by atoms with Gasteiger partial charge in [0.1, 0.15) is 17.9 Å². The van der Waals surface area contributed by atoms with Crippen molar-refractivity contribution in [2.45, 2.75) is 19.8 Å². The van der Waals surface area contributed by atoms with Gasteiger partial charge in [0.25, 0.3) is 0 Å². The number of halogens is 2. The van der Waals surface area contributed by atoms with Gasteiger partial charge >= 0.3 is 0 Å². The van der Waals surface area contributed by atoms with Crippen LogP contribution in [0.25, 0.3) is 0 Å². The first kappa shape index (κ1) is 13.9. The molecule has 0 radical (unpaired) electrons. The summed E-state index contributed by atoms with van der Waals surface area (Å²) in [4.78, 5) is 8.09. The summed E-state index contributed by atoms with van der Waals surface area (Å²) >= 11 is 11.9. The van der Waals surface area contributed by atoms with Crippen LogP contribution in [-0.4, -0.2) is 9.97 Å². The van der Waals surface area contributed by atoms with Gasteiger partial charge in [0.15, 0.2) is 0 Å². The van der Waals surface area contributed by atoms with Crippen molar-refractivity contribution in [2.24, 2.45) is 0 Å². The monoisotopic (exact) mass is 297 g/mol. The number of ether oxygens (including phenoxy) is 1. The van der Waals surface area contributed by atoms with E-state index in [1.807, 2.05) is 13.8 Å². The van der Waals surface area contributed by atoms with Gasteiger partial charge in [0.05, 0.1) is 10.6 Å². The molecular weight excluding hydrogens is 285 g/mol. The minimum atomic E-state index is 0.141. The molecule has 0 atom stereocenters. The van der Waals surface area contributed by atoms with Crippen molar-refractivity contribution in [3.8, 4) is 11.6 Å². The molecule has 2 N–H and O–H groups in total. The van der Waals surface area contributed by atoms with Crippen molar-refractivity contribution in [1.29, 1.82) is 0 Å². The molecule has 4 nitrogen and oxygen atoms in total. The van der Waals surface area contributed by atoms with Gasteiger partial charge in [0.2, 0.25) is 5.88 Å². The Labute approximate surface area is 121 Å². The molecule has 0 bridgehead atoms. The summed E-state index contributed by atoms with van der Waals surface area (Å²) in [5.74, 6) is 1.44. The van der Waals surface area contributed by atoms with E-state index in [2.05, 4.69) is 9.97 Å². The highest BCUT2D eigenvalue weighted by atomic mass is 35.5. The Hall–Kier alpha value is -1.52. The van der Waals surface area contributed by atoms with Crippen molar-refractivity contribution in [3.05, 3.63) is 40.1 Å². The molecule has 2 aromatic rings. The predicted molar refractivity (Wildman–Crippen MR) is 77.1 cm³/mol. The molecule has 0 aliphatic heterocycles.